The van der Waals surface area contributed by atoms with Crippen LogP contribution in [-0.2, 0) is 9.47 Å². The molecule has 0 saturated carbocycles. The lowest BCUT2D eigenvalue weighted by atomic mass is 10.0. The first-order valence-corrected chi connectivity index (χ1v) is 13.6. The topological polar surface area (TPSA) is 54.0 Å². The molecule has 1 aliphatic rings. The van der Waals surface area contributed by atoms with Crippen LogP contribution >= 0.6 is 0 Å². The summed E-state index contributed by atoms with van der Waals surface area (Å²) in [5.41, 5.74) is 0.426. The van der Waals surface area contributed by atoms with Crippen molar-refractivity contribution < 1.29 is 28.1 Å². The van der Waals surface area contributed by atoms with Gasteiger partial charge in [-0.15, -0.1) is 0 Å². The fourth-order valence-electron chi connectivity index (χ4n) is 4.25. The largest absolute Gasteiger partial charge is 0.494 e. The van der Waals surface area contributed by atoms with Gasteiger partial charge in [-0.1, -0.05) is 71.3 Å². The second-order valence-corrected chi connectivity index (χ2v) is 9.57. The van der Waals surface area contributed by atoms with Gasteiger partial charge in [0, 0.05) is 11.5 Å². The van der Waals surface area contributed by atoms with Gasteiger partial charge in [0.15, 0.2) is 6.29 Å². The van der Waals surface area contributed by atoms with Gasteiger partial charge in [0.05, 0.1) is 25.4 Å². The molecule has 0 aromatic heterocycles. The second-order valence-electron chi connectivity index (χ2n) is 9.57. The normalized spacial score (nSPS) is 17.6. The van der Waals surface area contributed by atoms with Gasteiger partial charge in [0.25, 0.3) is 0 Å². The van der Waals surface area contributed by atoms with Crippen LogP contribution in [0.15, 0.2) is 42.5 Å². The van der Waals surface area contributed by atoms with Crippen molar-refractivity contribution in [3.8, 4) is 11.5 Å². The number of benzene rings is 2. The Balaban J connectivity index is 1.42. The highest BCUT2D eigenvalue weighted by atomic mass is 19.1. The van der Waals surface area contributed by atoms with Crippen LogP contribution in [0.1, 0.15) is 100 Å². The molecule has 0 N–H and O–H groups in total. The zero-order valence-corrected chi connectivity index (χ0v) is 21.8. The lowest BCUT2D eigenvalue weighted by Crippen LogP contribution is -2.27. The van der Waals surface area contributed by atoms with Crippen molar-refractivity contribution in [3.05, 3.63) is 59.4 Å². The lowest BCUT2D eigenvalue weighted by molar-refractivity contribution is -0.207. The van der Waals surface area contributed by atoms with Crippen LogP contribution in [-0.4, -0.2) is 25.8 Å². The van der Waals surface area contributed by atoms with Gasteiger partial charge in [-0.2, -0.15) is 0 Å². The predicted octanol–water partition coefficient (Wildman–Crippen LogP) is 8.03. The number of rotatable bonds is 15. The van der Waals surface area contributed by atoms with Gasteiger partial charge in [-0.3, -0.25) is 0 Å². The van der Waals surface area contributed by atoms with E-state index in [0.717, 1.165) is 31.4 Å². The van der Waals surface area contributed by atoms with E-state index in [1.165, 1.54) is 56.7 Å². The van der Waals surface area contributed by atoms with E-state index >= 15 is 0 Å². The van der Waals surface area contributed by atoms with Crippen LogP contribution in [0, 0.1) is 11.7 Å². The highest BCUT2D eigenvalue weighted by molar-refractivity contribution is 5.91. The van der Waals surface area contributed by atoms with Crippen LogP contribution in [0.4, 0.5) is 4.39 Å². The summed E-state index contributed by atoms with van der Waals surface area (Å²) in [7, 11) is 0. The third kappa shape index (κ3) is 9.21. The lowest BCUT2D eigenvalue weighted by Gasteiger charge is -2.29. The van der Waals surface area contributed by atoms with Gasteiger partial charge < -0.3 is 18.9 Å². The molecule has 198 valence electrons. The zero-order valence-electron chi connectivity index (χ0n) is 21.8. The monoisotopic (exact) mass is 500 g/mol. The molecule has 36 heavy (non-hydrogen) atoms. The summed E-state index contributed by atoms with van der Waals surface area (Å²) in [5.74, 6) is 0.291. The molecule has 0 radical (unpaired) electrons. The first-order valence-electron chi connectivity index (χ1n) is 13.6. The van der Waals surface area contributed by atoms with Crippen LogP contribution in [0.5, 0.6) is 11.5 Å². The van der Waals surface area contributed by atoms with Crippen molar-refractivity contribution >= 4 is 5.97 Å². The number of carbonyl (C=O) groups excluding carboxylic acids is 1. The molecular weight excluding hydrogens is 459 g/mol. The molecule has 2 aromatic rings. The number of esters is 1. The first kappa shape index (κ1) is 28.1. The Morgan fingerprint density at radius 3 is 2.17 bits per heavy atom. The Kier molecular flexibility index (Phi) is 12.2. The fourth-order valence-corrected chi connectivity index (χ4v) is 4.25. The Morgan fingerprint density at radius 1 is 0.861 bits per heavy atom. The summed E-state index contributed by atoms with van der Waals surface area (Å²) in [4.78, 5) is 12.5. The van der Waals surface area contributed by atoms with E-state index in [-0.39, 0.29) is 5.56 Å². The standard InChI is InChI=1S/C30H41FO5/c1-3-5-7-8-9-10-11-19-33-25-14-16-26(17-15-25)36-29(32)24-13-18-27(28(31)20-24)30-34-21-23(22-35-30)12-6-4-2/h13-18,20,23,30H,3-12,19,21-22H2,1-2H3. The van der Waals surface area contributed by atoms with Crippen LogP contribution in [0.2, 0.25) is 0 Å². The summed E-state index contributed by atoms with van der Waals surface area (Å²) < 4.78 is 37.4. The van der Waals surface area contributed by atoms with E-state index in [2.05, 4.69) is 13.8 Å². The fraction of sp³-hybridized carbons (Fsp3) is 0.567. The maximum absolute atomic E-state index is 14.8. The molecule has 0 amide bonds. The summed E-state index contributed by atoms with van der Waals surface area (Å²) in [5, 5.41) is 0. The maximum atomic E-state index is 14.8. The third-order valence-corrected chi connectivity index (χ3v) is 6.47. The van der Waals surface area contributed by atoms with E-state index in [0.29, 0.717) is 37.1 Å². The van der Waals surface area contributed by atoms with Gasteiger partial charge in [-0.25, -0.2) is 9.18 Å². The van der Waals surface area contributed by atoms with Gasteiger partial charge in [0.1, 0.15) is 17.3 Å². The summed E-state index contributed by atoms with van der Waals surface area (Å²) in [6.07, 6.45) is 11.2. The molecular formula is C30H41FO5. The van der Waals surface area contributed by atoms with Crippen molar-refractivity contribution in [1.82, 2.24) is 0 Å². The predicted molar refractivity (Wildman–Crippen MR) is 139 cm³/mol. The van der Waals surface area contributed by atoms with Crippen molar-refractivity contribution in [1.29, 1.82) is 0 Å². The molecule has 0 spiro atoms. The quantitative estimate of drug-likeness (QED) is 0.141. The molecule has 0 bridgehead atoms. The van der Waals surface area contributed by atoms with Gasteiger partial charge in [0.2, 0.25) is 0 Å². The molecule has 5 nitrogen and oxygen atoms in total. The minimum atomic E-state index is -0.749. The smallest absolute Gasteiger partial charge is 0.343 e. The average molecular weight is 501 g/mol. The van der Waals surface area contributed by atoms with Crippen molar-refractivity contribution in [3.63, 3.8) is 0 Å². The number of ether oxygens (including phenoxy) is 4. The Bertz CT molecular complexity index is 906. The molecule has 1 aliphatic heterocycles. The minimum absolute atomic E-state index is 0.132. The van der Waals surface area contributed by atoms with E-state index in [1.54, 1.807) is 24.3 Å². The van der Waals surface area contributed by atoms with E-state index < -0.39 is 18.1 Å². The minimum Gasteiger partial charge on any atom is -0.494 e. The van der Waals surface area contributed by atoms with Gasteiger partial charge >= 0.3 is 5.97 Å². The number of hydrogen-bond acceptors (Lipinski definition) is 5. The molecule has 1 fully saturated rings. The number of halogens is 1. The second kappa shape index (κ2) is 15.6. The highest BCUT2D eigenvalue weighted by Crippen LogP contribution is 2.29. The van der Waals surface area contributed by atoms with Crippen LogP contribution in [0.3, 0.4) is 0 Å². The molecule has 2 aromatic carbocycles. The van der Waals surface area contributed by atoms with Crippen molar-refractivity contribution in [2.45, 2.75) is 84.3 Å². The molecule has 1 heterocycles. The van der Waals surface area contributed by atoms with E-state index in [4.69, 9.17) is 18.9 Å². The number of hydrogen-bond donors (Lipinski definition) is 0. The maximum Gasteiger partial charge on any atom is 0.343 e. The summed E-state index contributed by atoms with van der Waals surface area (Å²) >= 11 is 0. The molecule has 0 aliphatic carbocycles. The third-order valence-electron chi connectivity index (χ3n) is 6.47. The number of carbonyl (C=O) groups is 1. The van der Waals surface area contributed by atoms with Crippen molar-refractivity contribution in [2.24, 2.45) is 5.92 Å². The van der Waals surface area contributed by atoms with Crippen LogP contribution in [0.25, 0.3) is 0 Å². The Morgan fingerprint density at radius 2 is 1.50 bits per heavy atom. The zero-order chi connectivity index (χ0) is 25.6. The van der Waals surface area contributed by atoms with E-state index in [9.17, 15) is 9.18 Å². The Hall–Kier alpha value is -2.44. The summed E-state index contributed by atoms with van der Waals surface area (Å²) in [6, 6.07) is 11.2. The van der Waals surface area contributed by atoms with Gasteiger partial charge in [-0.05, 0) is 49.2 Å². The molecule has 0 unspecified atom stereocenters. The Labute approximate surface area is 215 Å². The van der Waals surface area contributed by atoms with Crippen molar-refractivity contribution in [2.75, 3.05) is 19.8 Å². The molecule has 0 atom stereocenters. The van der Waals surface area contributed by atoms with E-state index in [1.807, 2.05) is 0 Å². The first-order chi connectivity index (χ1) is 17.6. The van der Waals surface area contributed by atoms with Crippen LogP contribution < -0.4 is 9.47 Å². The SMILES string of the molecule is CCCCCCCCCOc1ccc(OC(=O)c2ccc(C3OCC(CCCC)CO3)c(F)c2)cc1. The summed E-state index contributed by atoms with van der Waals surface area (Å²) in [6.45, 7) is 6.14. The average Bonchev–Trinajstić information content (AvgIpc) is 2.90. The number of unbranched alkanes of at least 4 members (excludes halogenated alkanes) is 7. The molecule has 3 rings (SSSR count). The highest BCUT2D eigenvalue weighted by Gasteiger charge is 2.26. The molecule has 6 heteroatoms. The molecule has 1 saturated heterocycles.